The van der Waals surface area contributed by atoms with Gasteiger partial charge in [-0.1, -0.05) is 24.6 Å². The molecule has 0 fully saturated rings. The summed E-state index contributed by atoms with van der Waals surface area (Å²) in [6.45, 7) is 9.82. The fourth-order valence-electron chi connectivity index (χ4n) is 2.06. The molecule has 0 bridgehead atoms. The van der Waals surface area contributed by atoms with Crippen molar-refractivity contribution in [3.05, 3.63) is 29.3 Å². The second-order valence-corrected chi connectivity index (χ2v) is 5.17. The fourth-order valence-corrected chi connectivity index (χ4v) is 2.06. The quantitative estimate of drug-likeness (QED) is 0.637. The van der Waals surface area contributed by atoms with Crippen LogP contribution >= 0.6 is 0 Å². The van der Waals surface area contributed by atoms with Crippen LogP contribution < -0.4 is 10.1 Å². The van der Waals surface area contributed by atoms with Gasteiger partial charge in [-0.2, -0.15) is 0 Å². The zero-order valence-corrected chi connectivity index (χ0v) is 13.8. The van der Waals surface area contributed by atoms with E-state index in [1.54, 1.807) is 7.11 Å². The molecule has 0 aliphatic carbocycles. The molecule has 1 aromatic carbocycles. The minimum Gasteiger partial charge on any atom is -0.491 e. The molecule has 1 unspecified atom stereocenters. The maximum absolute atomic E-state index is 5.87. The molecule has 21 heavy (non-hydrogen) atoms. The lowest BCUT2D eigenvalue weighted by atomic mass is 10.0. The number of aryl methyl sites for hydroxylation is 1. The number of benzene rings is 1. The van der Waals surface area contributed by atoms with Crippen molar-refractivity contribution in [2.24, 2.45) is 0 Å². The molecule has 1 atom stereocenters. The Labute approximate surface area is 128 Å². The Morgan fingerprint density at radius 1 is 1.14 bits per heavy atom. The summed E-state index contributed by atoms with van der Waals surface area (Å²) in [4.78, 5) is 0. The number of nitrogens with one attached hydrogen (secondary N) is 1. The zero-order valence-electron chi connectivity index (χ0n) is 13.8. The molecule has 0 radical (unpaired) electrons. The Morgan fingerprint density at radius 3 is 2.62 bits per heavy atom. The average Bonchev–Trinajstić information content (AvgIpc) is 2.49. The average molecular weight is 295 g/mol. The topological polar surface area (TPSA) is 39.7 Å². The minimum atomic E-state index is 0.286. The standard InChI is InChI=1S/C17H29NO3/c1-5-8-18-15(3)16-13-14(2)6-7-17(16)21-12-11-20-10-9-19-4/h6-7,13,15,18H,5,8-12H2,1-4H3. The Balaban J connectivity index is 2.52. The van der Waals surface area contributed by atoms with Crippen molar-refractivity contribution < 1.29 is 14.2 Å². The van der Waals surface area contributed by atoms with Gasteiger partial charge >= 0.3 is 0 Å². The Bertz CT molecular complexity index is 396. The maximum atomic E-state index is 5.87. The van der Waals surface area contributed by atoms with E-state index in [9.17, 15) is 0 Å². The largest absolute Gasteiger partial charge is 0.491 e. The first-order valence-corrected chi connectivity index (χ1v) is 7.72. The number of hydrogen-bond acceptors (Lipinski definition) is 4. The van der Waals surface area contributed by atoms with Gasteiger partial charge in [0.15, 0.2) is 0 Å². The van der Waals surface area contributed by atoms with Crippen molar-refractivity contribution in [2.75, 3.05) is 40.1 Å². The summed E-state index contributed by atoms with van der Waals surface area (Å²) in [5, 5.41) is 3.51. The Hall–Kier alpha value is -1.10. The first kappa shape index (κ1) is 18.0. The van der Waals surface area contributed by atoms with E-state index in [1.807, 2.05) is 6.07 Å². The number of methoxy groups -OCH3 is 1. The summed E-state index contributed by atoms with van der Waals surface area (Å²) in [5.74, 6) is 0.937. The second kappa shape index (κ2) is 10.6. The van der Waals surface area contributed by atoms with E-state index in [1.165, 1.54) is 11.1 Å². The van der Waals surface area contributed by atoms with Crippen LogP contribution in [0.4, 0.5) is 0 Å². The van der Waals surface area contributed by atoms with Crippen LogP contribution in [0.1, 0.15) is 37.4 Å². The number of rotatable bonds is 11. The summed E-state index contributed by atoms with van der Waals surface area (Å²) in [6, 6.07) is 6.60. The van der Waals surface area contributed by atoms with Crippen LogP contribution in [0.3, 0.4) is 0 Å². The molecule has 1 aromatic rings. The smallest absolute Gasteiger partial charge is 0.124 e. The third-order valence-electron chi connectivity index (χ3n) is 3.25. The van der Waals surface area contributed by atoms with Crippen LogP contribution in [-0.2, 0) is 9.47 Å². The predicted octanol–water partition coefficient (Wildman–Crippen LogP) is 3.10. The highest BCUT2D eigenvalue weighted by Crippen LogP contribution is 2.26. The lowest BCUT2D eigenvalue weighted by molar-refractivity contribution is 0.0542. The van der Waals surface area contributed by atoms with Crippen LogP contribution in [0, 0.1) is 6.92 Å². The highest BCUT2D eigenvalue weighted by Gasteiger charge is 2.11. The minimum absolute atomic E-state index is 0.286. The van der Waals surface area contributed by atoms with Crippen LogP contribution in [-0.4, -0.2) is 40.1 Å². The third kappa shape index (κ3) is 6.93. The monoisotopic (exact) mass is 295 g/mol. The van der Waals surface area contributed by atoms with E-state index in [2.05, 4.69) is 38.2 Å². The number of ether oxygens (including phenoxy) is 3. The molecule has 120 valence electrons. The van der Waals surface area contributed by atoms with E-state index in [4.69, 9.17) is 14.2 Å². The highest BCUT2D eigenvalue weighted by atomic mass is 16.5. The SMILES string of the molecule is CCCNC(C)c1cc(C)ccc1OCCOCCOC. The van der Waals surface area contributed by atoms with Gasteiger partial charge in [0.05, 0.1) is 19.8 Å². The van der Waals surface area contributed by atoms with Crippen LogP contribution in [0.15, 0.2) is 18.2 Å². The van der Waals surface area contributed by atoms with E-state index < -0.39 is 0 Å². The molecule has 0 aliphatic heterocycles. The summed E-state index contributed by atoms with van der Waals surface area (Å²) in [7, 11) is 1.67. The molecule has 0 aromatic heterocycles. The van der Waals surface area contributed by atoms with Gasteiger partial charge in [-0.25, -0.2) is 0 Å². The normalized spacial score (nSPS) is 12.4. The van der Waals surface area contributed by atoms with Gasteiger partial charge in [0.1, 0.15) is 12.4 Å². The van der Waals surface area contributed by atoms with E-state index in [0.29, 0.717) is 26.4 Å². The lowest BCUT2D eigenvalue weighted by Gasteiger charge is -2.19. The van der Waals surface area contributed by atoms with Gasteiger partial charge in [-0.15, -0.1) is 0 Å². The van der Waals surface area contributed by atoms with Gasteiger partial charge in [0, 0.05) is 18.7 Å². The molecule has 0 spiro atoms. The van der Waals surface area contributed by atoms with E-state index in [0.717, 1.165) is 18.7 Å². The molecule has 4 heteroatoms. The molecule has 0 heterocycles. The molecule has 1 rings (SSSR count). The first-order chi connectivity index (χ1) is 10.2. The van der Waals surface area contributed by atoms with Crippen molar-refractivity contribution >= 4 is 0 Å². The molecule has 0 saturated carbocycles. The fraction of sp³-hybridized carbons (Fsp3) is 0.647. The summed E-state index contributed by atoms with van der Waals surface area (Å²) >= 11 is 0. The van der Waals surface area contributed by atoms with Gasteiger partial charge in [0.2, 0.25) is 0 Å². The maximum Gasteiger partial charge on any atom is 0.124 e. The van der Waals surface area contributed by atoms with Crippen molar-refractivity contribution in [3.63, 3.8) is 0 Å². The Kier molecular flexibility index (Phi) is 9.06. The molecule has 4 nitrogen and oxygen atoms in total. The number of hydrogen-bond donors (Lipinski definition) is 1. The Morgan fingerprint density at radius 2 is 1.90 bits per heavy atom. The molecular formula is C17H29NO3. The zero-order chi connectivity index (χ0) is 15.5. The van der Waals surface area contributed by atoms with Crippen LogP contribution in [0.2, 0.25) is 0 Å². The van der Waals surface area contributed by atoms with Crippen LogP contribution in [0.25, 0.3) is 0 Å². The van der Waals surface area contributed by atoms with Crippen molar-refractivity contribution in [1.82, 2.24) is 5.32 Å². The van der Waals surface area contributed by atoms with Crippen molar-refractivity contribution in [3.8, 4) is 5.75 Å². The van der Waals surface area contributed by atoms with Crippen molar-refractivity contribution in [1.29, 1.82) is 0 Å². The van der Waals surface area contributed by atoms with Gasteiger partial charge in [-0.3, -0.25) is 0 Å². The van der Waals surface area contributed by atoms with Crippen molar-refractivity contribution in [2.45, 2.75) is 33.2 Å². The molecule has 0 amide bonds. The molecule has 0 aliphatic rings. The predicted molar refractivity (Wildman–Crippen MR) is 86.1 cm³/mol. The van der Waals surface area contributed by atoms with Gasteiger partial charge in [0.25, 0.3) is 0 Å². The third-order valence-corrected chi connectivity index (χ3v) is 3.25. The van der Waals surface area contributed by atoms with Gasteiger partial charge in [-0.05, 0) is 32.9 Å². The molecule has 0 saturated heterocycles. The van der Waals surface area contributed by atoms with E-state index in [-0.39, 0.29) is 6.04 Å². The molecule has 1 N–H and O–H groups in total. The lowest BCUT2D eigenvalue weighted by Crippen LogP contribution is -2.20. The second-order valence-electron chi connectivity index (χ2n) is 5.17. The highest BCUT2D eigenvalue weighted by molar-refractivity contribution is 5.39. The summed E-state index contributed by atoms with van der Waals surface area (Å²) < 4.78 is 16.2. The van der Waals surface area contributed by atoms with E-state index >= 15 is 0 Å². The van der Waals surface area contributed by atoms with Gasteiger partial charge < -0.3 is 19.5 Å². The van der Waals surface area contributed by atoms with Crippen LogP contribution in [0.5, 0.6) is 5.75 Å². The molecular weight excluding hydrogens is 266 g/mol. The summed E-state index contributed by atoms with van der Waals surface area (Å²) in [6.07, 6.45) is 1.12. The summed E-state index contributed by atoms with van der Waals surface area (Å²) in [5.41, 5.74) is 2.46. The first-order valence-electron chi connectivity index (χ1n) is 7.72.